The molecule has 1 heterocycles. The molecular formula is C10H17NO4. The van der Waals surface area contributed by atoms with Crippen molar-refractivity contribution in [3.8, 4) is 0 Å². The summed E-state index contributed by atoms with van der Waals surface area (Å²) in [5.41, 5.74) is 0. The van der Waals surface area contributed by atoms with E-state index in [1.54, 1.807) is 0 Å². The molecule has 2 unspecified atom stereocenters. The summed E-state index contributed by atoms with van der Waals surface area (Å²) in [6.45, 7) is 0.625. The molecule has 1 saturated carbocycles. The first-order chi connectivity index (χ1) is 7.31. The van der Waals surface area contributed by atoms with Crippen molar-refractivity contribution in [3.05, 3.63) is 0 Å². The van der Waals surface area contributed by atoms with E-state index < -0.39 is 6.09 Å². The highest BCUT2D eigenvalue weighted by Gasteiger charge is 2.41. The summed E-state index contributed by atoms with van der Waals surface area (Å²) in [4.78, 5) is 11.2. The first kappa shape index (κ1) is 10.7. The maximum absolute atomic E-state index is 11.2. The van der Waals surface area contributed by atoms with E-state index in [4.69, 9.17) is 14.6 Å². The Bertz CT molecular complexity index is 229. The van der Waals surface area contributed by atoms with Crippen molar-refractivity contribution in [2.45, 2.75) is 31.4 Å². The second kappa shape index (κ2) is 4.81. The van der Waals surface area contributed by atoms with Gasteiger partial charge in [-0.15, -0.1) is 0 Å². The number of alkyl carbamates (subject to hydrolysis) is 1. The van der Waals surface area contributed by atoms with Gasteiger partial charge in [0.15, 0.2) is 0 Å². The molecule has 2 rings (SSSR count). The summed E-state index contributed by atoms with van der Waals surface area (Å²) in [6.07, 6.45) is 2.98. The van der Waals surface area contributed by atoms with Crippen molar-refractivity contribution >= 4 is 6.09 Å². The standard InChI is InChI=1S/C10H17NO4/c12-4-6-15-10(13)11-8-3-5-14-9(8)7-1-2-7/h7-9,12H,1-6H2,(H,11,13). The Morgan fingerprint density at radius 2 is 2.27 bits per heavy atom. The summed E-state index contributed by atoms with van der Waals surface area (Å²) >= 11 is 0. The van der Waals surface area contributed by atoms with Crippen molar-refractivity contribution in [2.24, 2.45) is 5.92 Å². The molecule has 0 bridgehead atoms. The number of hydrogen-bond donors (Lipinski definition) is 2. The molecular weight excluding hydrogens is 198 g/mol. The van der Waals surface area contributed by atoms with Gasteiger partial charge in [0, 0.05) is 6.61 Å². The van der Waals surface area contributed by atoms with Crippen LogP contribution in [-0.4, -0.2) is 43.2 Å². The Kier molecular flexibility index (Phi) is 3.43. The molecule has 1 aliphatic carbocycles. The van der Waals surface area contributed by atoms with Gasteiger partial charge in [0.2, 0.25) is 0 Å². The Morgan fingerprint density at radius 3 is 2.93 bits per heavy atom. The van der Waals surface area contributed by atoms with Crippen LogP contribution in [0.4, 0.5) is 4.79 Å². The fraction of sp³-hybridized carbons (Fsp3) is 0.900. The van der Waals surface area contributed by atoms with Crippen LogP contribution in [0.3, 0.4) is 0 Å². The van der Waals surface area contributed by atoms with E-state index in [1.165, 1.54) is 12.8 Å². The highest BCUT2D eigenvalue weighted by molar-refractivity contribution is 5.67. The molecule has 0 radical (unpaired) electrons. The minimum absolute atomic E-state index is 0.0491. The third-order valence-electron chi connectivity index (χ3n) is 2.85. The zero-order chi connectivity index (χ0) is 10.7. The lowest BCUT2D eigenvalue weighted by atomic mass is 10.1. The maximum atomic E-state index is 11.2. The first-order valence-electron chi connectivity index (χ1n) is 5.47. The van der Waals surface area contributed by atoms with Crippen LogP contribution in [0, 0.1) is 5.92 Å². The normalized spacial score (nSPS) is 30.2. The predicted molar refractivity (Wildman–Crippen MR) is 52.4 cm³/mol. The van der Waals surface area contributed by atoms with Crippen LogP contribution in [0.25, 0.3) is 0 Å². The molecule has 2 atom stereocenters. The number of carbonyl (C=O) groups is 1. The fourth-order valence-electron chi connectivity index (χ4n) is 1.99. The van der Waals surface area contributed by atoms with Gasteiger partial charge in [0.25, 0.3) is 0 Å². The van der Waals surface area contributed by atoms with E-state index >= 15 is 0 Å². The number of rotatable bonds is 4. The van der Waals surface area contributed by atoms with Gasteiger partial charge in [0.1, 0.15) is 6.61 Å². The molecule has 86 valence electrons. The van der Waals surface area contributed by atoms with E-state index in [0.29, 0.717) is 12.5 Å². The van der Waals surface area contributed by atoms with Crippen LogP contribution in [-0.2, 0) is 9.47 Å². The molecule has 1 aliphatic heterocycles. The van der Waals surface area contributed by atoms with Gasteiger partial charge in [-0.3, -0.25) is 0 Å². The zero-order valence-corrected chi connectivity index (χ0v) is 8.65. The third-order valence-corrected chi connectivity index (χ3v) is 2.85. The summed E-state index contributed by atoms with van der Waals surface area (Å²) in [5.74, 6) is 0.621. The summed E-state index contributed by atoms with van der Waals surface area (Å²) in [7, 11) is 0. The number of carbonyl (C=O) groups excluding carboxylic acids is 1. The Hall–Kier alpha value is -0.810. The van der Waals surface area contributed by atoms with Gasteiger partial charge < -0.3 is 19.9 Å². The number of amides is 1. The van der Waals surface area contributed by atoms with Gasteiger partial charge in [-0.1, -0.05) is 0 Å². The lowest BCUT2D eigenvalue weighted by Gasteiger charge is -2.18. The van der Waals surface area contributed by atoms with E-state index in [0.717, 1.165) is 6.42 Å². The summed E-state index contributed by atoms with van der Waals surface area (Å²) in [6, 6.07) is 0.0868. The molecule has 2 fully saturated rings. The molecule has 15 heavy (non-hydrogen) atoms. The quantitative estimate of drug-likeness (QED) is 0.706. The minimum Gasteiger partial charge on any atom is -0.447 e. The molecule has 2 N–H and O–H groups in total. The molecule has 0 aromatic rings. The van der Waals surface area contributed by atoms with E-state index in [2.05, 4.69) is 5.32 Å². The number of aliphatic hydroxyl groups is 1. The van der Waals surface area contributed by atoms with E-state index in [1.807, 2.05) is 0 Å². The zero-order valence-electron chi connectivity index (χ0n) is 8.65. The van der Waals surface area contributed by atoms with Crippen LogP contribution in [0.2, 0.25) is 0 Å². The van der Waals surface area contributed by atoms with Crippen LogP contribution >= 0.6 is 0 Å². The second-order valence-corrected chi connectivity index (χ2v) is 4.07. The average molecular weight is 215 g/mol. The van der Waals surface area contributed by atoms with Crippen molar-refractivity contribution < 1.29 is 19.4 Å². The van der Waals surface area contributed by atoms with Crippen molar-refractivity contribution in [1.82, 2.24) is 5.32 Å². The SMILES string of the molecule is O=C(NC1CCOC1C1CC1)OCCO. The van der Waals surface area contributed by atoms with E-state index in [9.17, 15) is 4.79 Å². The van der Waals surface area contributed by atoms with E-state index in [-0.39, 0.29) is 25.4 Å². The van der Waals surface area contributed by atoms with Crippen LogP contribution in [0.5, 0.6) is 0 Å². The van der Waals surface area contributed by atoms with Gasteiger partial charge in [-0.2, -0.15) is 0 Å². The van der Waals surface area contributed by atoms with Crippen LogP contribution < -0.4 is 5.32 Å². The fourth-order valence-corrected chi connectivity index (χ4v) is 1.99. The summed E-state index contributed by atoms with van der Waals surface area (Å²) in [5, 5.41) is 11.3. The van der Waals surface area contributed by atoms with Crippen molar-refractivity contribution in [1.29, 1.82) is 0 Å². The minimum atomic E-state index is -0.454. The highest BCUT2D eigenvalue weighted by Crippen LogP contribution is 2.38. The van der Waals surface area contributed by atoms with Gasteiger partial charge in [-0.25, -0.2) is 4.79 Å². The average Bonchev–Trinajstić information content (AvgIpc) is 2.97. The molecule has 5 nitrogen and oxygen atoms in total. The molecule has 2 aliphatic rings. The molecule has 0 spiro atoms. The number of ether oxygens (including phenoxy) is 2. The van der Waals surface area contributed by atoms with Crippen LogP contribution in [0.15, 0.2) is 0 Å². The highest BCUT2D eigenvalue weighted by atomic mass is 16.6. The summed E-state index contributed by atoms with van der Waals surface area (Å²) < 4.78 is 10.3. The third kappa shape index (κ3) is 2.82. The Balaban J connectivity index is 1.74. The lowest BCUT2D eigenvalue weighted by molar-refractivity contribution is 0.0746. The largest absolute Gasteiger partial charge is 0.447 e. The first-order valence-corrected chi connectivity index (χ1v) is 5.47. The molecule has 1 saturated heterocycles. The smallest absolute Gasteiger partial charge is 0.407 e. The number of aliphatic hydroxyl groups excluding tert-OH is 1. The van der Waals surface area contributed by atoms with Gasteiger partial charge in [0.05, 0.1) is 18.8 Å². The van der Waals surface area contributed by atoms with Crippen molar-refractivity contribution in [2.75, 3.05) is 19.8 Å². The maximum Gasteiger partial charge on any atom is 0.407 e. The number of hydrogen-bond acceptors (Lipinski definition) is 4. The van der Waals surface area contributed by atoms with Crippen LogP contribution in [0.1, 0.15) is 19.3 Å². The van der Waals surface area contributed by atoms with Gasteiger partial charge >= 0.3 is 6.09 Å². The molecule has 0 aromatic heterocycles. The van der Waals surface area contributed by atoms with Gasteiger partial charge in [-0.05, 0) is 25.2 Å². The second-order valence-electron chi connectivity index (χ2n) is 4.07. The molecule has 1 amide bonds. The lowest BCUT2D eigenvalue weighted by Crippen LogP contribution is -2.41. The molecule has 0 aromatic carbocycles. The predicted octanol–water partition coefficient (Wildman–Crippen LogP) is 0.272. The monoisotopic (exact) mass is 215 g/mol. The van der Waals surface area contributed by atoms with Crippen molar-refractivity contribution in [3.63, 3.8) is 0 Å². The molecule has 5 heteroatoms. The topological polar surface area (TPSA) is 67.8 Å². The number of nitrogens with one attached hydrogen (secondary N) is 1. The Morgan fingerprint density at radius 1 is 1.47 bits per heavy atom. The Labute approximate surface area is 88.7 Å².